The molecule has 0 amide bonds. The van der Waals surface area contributed by atoms with E-state index in [2.05, 4.69) is 111 Å². The molecular formula is C30H27NS. The van der Waals surface area contributed by atoms with Crippen LogP contribution in [0.1, 0.15) is 31.4 Å². The largest absolute Gasteiger partial charge is 0.309 e. The number of nitrogens with zero attached hydrogens (tertiary/aromatic N) is 1. The van der Waals surface area contributed by atoms with Crippen molar-refractivity contribution in [2.24, 2.45) is 0 Å². The van der Waals surface area contributed by atoms with Gasteiger partial charge in [-0.05, 0) is 61.7 Å². The zero-order valence-corrected chi connectivity index (χ0v) is 19.7. The molecule has 5 rings (SSSR count). The topological polar surface area (TPSA) is 4.93 Å². The van der Waals surface area contributed by atoms with Crippen LogP contribution in [0.2, 0.25) is 0 Å². The van der Waals surface area contributed by atoms with Crippen molar-refractivity contribution in [1.82, 2.24) is 4.57 Å². The molecule has 3 aromatic carbocycles. The Hall–Kier alpha value is -3.36. The highest BCUT2D eigenvalue weighted by molar-refractivity contribution is 7.26. The first kappa shape index (κ1) is 20.5. The fourth-order valence-electron chi connectivity index (χ4n) is 4.75. The standard InChI is InChI=1S/C30H27NS/c1-5-8-13-22-20(4)16-18-25-28(22)24-17-19-27-29(23-14-9-10-15-26(23)32-27)30(24)31(25)21(11-6-2)12-7-3/h6-19H,2,5H2,1,3-4H3/b12-7-,13-8-,21-11+. The van der Waals surface area contributed by atoms with Crippen molar-refractivity contribution in [3.05, 3.63) is 96.6 Å². The molecule has 158 valence electrons. The van der Waals surface area contributed by atoms with E-state index in [4.69, 9.17) is 0 Å². The summed E-state index contributed by atoms with van der Waals surface area (Å²) in [6.07, 6.45) is 13.8. The van der Waals surface area contributed by atoms with E-state index in [-0.39, 0.29) is 0 Å². The smallest absolute Gasteiger partial charge is 0.0634 e. The van der Waals surface area contributed by atoms with E-state index in [0.717, 1.165) is 12.1 Å². The first-order chi connectivity index (χ1) is 15.7. The van der Waals surface area contributed by atoms with Gasteiger partial charge in [0.25, 0.3) is 0 Å². The minimum absolute atomic E-state index is 1.02. The molecule has 1 nitrogen and oxygen atoms in total. The highest BCUT2D eigenvalue weighted by Gasteiger charge is 2.20. The summed E-state index contributed by atoms with van der Waals surface area (Å²) in [7, 11) is 0. The molecule has 0 N–H and O–H groups in total. The van der Waals surface area contributed by atoms with Gasteiger partial charge in [-0.25, -0.2) is 0 Å². The number of aryl methyl sites for hydroxylation is 1. The van der Waals surface area contributed by atoms with Crippen LogP contribution in [0.25, 0.3) is 53.8 Å². The summed E-state index contributed by atoms with van der Waals surface area (Å²) >= 11 is 1.87. The third-order valence-electron chi connectivity index (χ3n) is 6.10. The molecule has 0 aliphatic heterocycles. The lowest BCUT2D eigenvalue weighted by Gasteiger charge is -2.10. The summed E-state index contributed by atoms with van der Waals surface area (Å²) in [5, 5.41) is 5.28. The molecule has 0 unspecified atom stereocenters. The summed E-state index contributed by atoms with van der Waals surface area (Å²) in [6, 6.07) is 17.9. The highest BCUT2D eigenvalue weighted by Crippen LogP contribution is 2.44. The Morgan fingerprint density at radius 1 is 1.00 bits per heavy atom. The Morgan fingerprint density at radius 2 is 1.84 bits per heavy atom. The van der Waals surface area contributed by atoms with Crippen LogP contribution in [0.4, 0.5) is 0 Å². The summed E-state index contributed by atoms with van der Waals surface area (Å²) in [6.45, 7) is 10.5. The summed E-state index contributed by atoms with van der Waals surface area (Å²) < 4.78 is 5.08. The predicted molar refractivity (Wildman–Crippen MR) is 146 cm³/mol. The average molecular weight is 434 g/mol. The Morgan fingerprint density at radius 3 is 2.62 bits per heavy atom. The van der Waals surface area contributed by atoms with Crippen molar-refractivity contribution in [2.75, 3.05) is 0 Å². The van der Waals surface area contributed by atoms with Gasteiger partial charge in [0.05, 0.1) is 11.0 Å². The summed E-state index contributed by atoms with van der Waals surface area (Å²) in [5.74, 6) is 0. The monoisotopic (exact) mass is 433 g/mol. The van der Waals surface area contributed by atoms with E-state index in [1.165, 1.54) is 53.1 Å². The molecule has 0 bridgehead atoms. The van der Waals surface area contributed by atoms with Crippen molar-refractivity contribution in [3.8, 4) is 0 Å². The molecule has 0 fully saturated rings. The van der Waals surface area contributed by atoms with Crippen LogP contribution in [-0.4, -0.2) is 4.57 Å². The maximum Gasteiger partial charge on any atom is 0.0634 e. The van der Waals surface area contributed by atoms with E-state index in [9.17, 15) is 0 Å². The van der Waals surface area contributed by atoms with Crippen molar-refractivity contribution in [2.45, 2.75) is 27.2 Å². The number of hydrogen-bond donors (Lipinski definition) is 0. The molecule has 0 aliphatic carbocycles. The van der Waals surface area contributed by atoms with Crippen LogP contribution >= 0.6 is 11.3 Å². The Kier molecular flexibility index (Phi) is 5.32. The average Bonchev–Trinajstić information content (AvgIpc) is 3.34. The number of rotatable bonds is 5. The minimum atomic E-state index is 1.02. The molecule has 2 heterocycles. The lowest BCUT2D eigenvalue weighted by Crippen LogP contribution is -1.95. The molecular weight excluding hydrogens is 406 g/mol. The van der Waals surface area contributed by atoms with Crippen molar-refractivity contribution >= 4 is 65.1 Å². The number of fused-ring (bicyclic) bond motifs is 7. The Labute approximate surface area is 193 Å². The molecule has 0 atom stereocenters. The van der Waals surface area contributed by atoms with E-state index in [1.54, 1.807) is 0 Å². The van der Waals surface area contributed by atoms with Gasteiger partial charge < -0.3 is 4.57 Å². The van der Waals surface area contributed by atoms with Gasteiger partial charge in [-0.15, -0.1) is 11.3 Å². The number of allylic oxidation sites excluding steroid dienone is 6. The molecule has 2 aromatic heterocycles. The van der Waals surface area contributed by atoms with Gasteiger partial charge in [0, 0.05) is 36.6 Å². The summed E-state index contributed by atoms with van der Waals surface area (Å²) in [5.41, 5.74) is 6.25. The quantitative estimate of drug-likeness (QED) is 0.243. The molecule has 2 heteroatoms. The van der Waals surface area contributed by atoms with Crippen LogP contribution in [0, 0.1) is 6.92 Å². The first-order valence-corrected chi connectivity index (χ1v) is 12.0. The van der Waals surface area contributed by atoms with Crippen LogP contribution in [0.15, 0.2) is 85.5 Å². The summed E-state index contributed by atoms with van der Waals surface area (Å²) in [4.78, 5) is 0. The van der Waals surface area contributed by atoms with Crippen molar-refractivity contribution < 1.29 is 0 Å². The molecule has 0 saturated heterocycles. The predicted octanol–water partition coefficient (Wildman–Crippen LogP) is 9.50. The highest BCUT2D eigenvalue weighted by atomic mass is 32.1. The zero-order valence-electron chi connectivity index (χ0n) is 18.9. The fraction of sp³-hybridized carbons (Fsp3) is 0.133. The molecule has 5 aromatic rings. The Balaban J connectivity index is 2.10. The van der Waals surface area contributed by atoms with E-state index < -0.39 is 0 Å². The first-order valence-electron chi connectivity index (χ1n) is 11.2. The fourth-order valence-corrected chi connectivity index (χ4v) is 5.86. The second kappa shape index (κ2) is 8.29. The zero-order chi connectivity index (χ0) is 22.2. The minimum Gasteiger partial charge on any atom is -0.309 e. The van der Waals surface area contributed by atoms with E-state index >= 15 is 0 Å². The van der Waals surface area contributed by atoms with Gasteiger partial charge in [-0.1, -0.05) is 68.1 Å². The van der Waals surface area contributed by atoms with Gasteiger partial charge in [-0.3, -0.25) is 0 Å². The maximum atomic E-state index is 3.99. The van der Waals surface area contributed by atoms with E-state index in [1.807, 2.05) is 17.4 Å². The number of thiophene rings is 1. The Bertz CT molecular complexity index is 1580. The molecule has 32 heavy (non-hydrogen) atoms. The molecule has 0 spiro atoms. The molecule has 0 radical (unpaired) electrons. The normalized spacial score (nSPS) is 13.0. The number of aromatic nitrogens is 1. The lowest BCUT2D eigenvalue weighted by atomic mass is 10.00. The van der Waals surface area contributed by atoms with E-state index in [0.29, 0.717) is 0 Å². The van der Waals surface area contributed by atoms with Crippen molar-refractivity contribution in [1.29, 1.82) is 0 Å². The lowest BCUT2D eigenvalue weighted by molar-refractivity contribution is 1.23. The van der Waals surface area contributed by atoms with Gasteiger partial charge in [0.1, 0.15) is 0 Å². The van der Waals surface area contributed by atoms with Crippen LogP contribution < -0.4 is 0 Å². The van der Waals surface area contributed by atoms with Crippen LogP contribution in [0.3, 0.4) is 0 Å². The van der Waals surface area contributed by atoms with Crippen molar-refractivity contribution in [3.63, 3.8) is 0 Å². The molecule has 0 saturated carbocycles. The number of hydrogen-bond acceptors (Lipinski definition) is 1. The number of benzene rings is 3. The van der Waals surface area contributed by atoms with Gasteiger partial charge in [0.2, 0.25) is 0 Å². The third kappa shape index (κ3) is 3.06. The van der Waals surface area contributed by atoms with Gasteiger partial charge in [0.15, 0.2) is 0 Å². The molecule has 0 aliphatic rings. The van der Waals surface area contributed by atoms with Gasteiger partial charge >= 0.3 is 0 Å². The second-order valence-electron chi connectivity index (χ2n) is 8.10. The SMILES string of the molecule is C=C/C=C(\C=C/C)n1c2ccc(C)c(/C=C\CC)c2c2ccc3sc4ccccc4c3c21. The van der Waals surface area contributed by atoms with Gasteiger partial charge in [-0.2, -0.15) is 0 Å². The van der Waals surface area contributed by atoms with Crippen LogP contribution in [-0.2, 0) is 0 Å². The third-order valence-corrected chi connectivity index (χ3v) is 7.23. The van der Waals surface area contributed by atoms with Crippen LogP contribution in [0.5, 0.6) is 0 Å². The second-order valence-corrected chi connectivity index (χ2v) is 9.18. The maximum absolute atomic E-state index is 3.99.